The Labute approximate surface area is 107 Å². The minimum absolute atomic E-state index is 0.284. The fourth-order valence-corrected chi connectivity index (χ4v) is 2.55. The van der Waals surface area contributed by atoms with E-state index in [2.05, 4.69) is 24.0 Å². The highest BCUT2D eigenvalue weighted by Crippen LogP contribution is 2.39. The molecule has 2 aromatic rings. The van der Waals surface area contributed by atoms with E-state index in [-0.39, 0.29) is 5.75 Å². The normalized spacial score (nSPS) is 14.4. The van der Waals surface area contributed by atoms with Crippen molar-refractivity contribution in [3.63, 3.8) is 0 Å². The second-order valence-corrected chi connectivity index (χ2v) is 4.65. The van der Waals surface area contributed by atoms with Gasteiger partial charge in [0.1, 0.15) is 12.4 Å². The van der Waals surface area contributed by atoms with Crippen molar-refractivity contribution >= 4 is 16.5 Å². The molecule has 0 aromatic heterocycles. The number of hydrogen-bond donors (Lipinski definition) is 1. The van der Waals surface area contributed by atoms with E-state index in [1.165, 1.54) is 0 Å². The number of phenolic OH excluding ortho intramolecular Hbond substituents is 1. The highest BCUT2D eigenvalue weighted by Gasteiger charge is 2.19. The van der Waals surface area contributed by atoms with Gasteiger partial charge in [0, 0.05) is 11.9 Å². The lowest BCUT2D eigenvalue weighted by Gasteiger charge is -2.31. The monoisotopic (exact) mass is 242 g/mol. The predicted octanol–water partition coefficient (Wildman–Crippen LogP) is 3.15. The molecule has 3 nitrogen and oxygen atoms in total. The van der Waals surface area contributed by atoms with Crippen molar-refractivity contribution in [1.29, 1.82) is 0 Å². The molecule has 18 heavy (non-hydrogen) atoms. The molecule has 0 saturated carbocycles. The largest absolute Gasteiger partial charge is 0.508 e. The molecule has 0 unspecified atom stereocenters. The Morgan fingerprint density at radius 2 is 2.11 bits per heavy atom. The van der Waals surface area contributed by atoms with Gasteiger partial charge in [-0.05, 0) is 30.0 Å². The van der Waals surface area contributed by atoms with Crippen LogP contribution in [0.1, 0.15) is 13.3 Å². The average Bonchev–Trinajstić information content (AvgIpc) is 2.39. The zero-order chi connectivity index (χ0) is 12.5. The third-order valence-electron chi connectivity index (χ3n) is 3.38. The Bertz CT molecular complexity index is 580. The van der Waals surface area contributed by atoms with Gasteiger partial charge < -0.3 is 14.7 Å². The van der Waals surface area contributed by atoms with E-state index in [0.717, 1.165) is 41.7 Å². The smallest absolute Gasteiger partial charge is 0.150 e. The minimum Gasteiger partial charge on any atom is -0.508 e. The first-order valence-corrected chi connectivity index (χ1v) is 6.43. The maximum Gasteiger partial charge on any atom is 0.150 e. The van der Waals surface area contributed by atoms with Gasteiger partial charge in [-0.3, -0.25) is 0 Å². The van der Waals surface area contributed by atoms with Gasteiger partial charge in [0.25, 0.3) is 0 Å². The first-order chi connectivity index (χ1) is 8.79. The van der Waals surface area contributed by atoms with Crippen LogP contribution in [0.25, 0.3) is 10.8 Å². The van der Waals surface area contributed by atoms with Crippen LogP contribution in [0, 0.1) is 0 Å². The first kappa shape index (κ1) is 11.2. The maximum atomic E-state index is 9.63. The lowest BCUT2D eigenvalue weighted by atomic mass is 9.95. The highest BCUT2D eigenvalue weighted by atomic mass is 16.5. The minimum atomic E-state index is 0.284. The molecule has 1 heterocycles. The van der Waals surface area contributed by atoms with Crippen molar-refractivity contribution in [3.8, 4) is 11.5 Å². The molecule has 0 atom stereocenters. The summed E-state index contributed by atoms with van der Waals surface area (Å²) in [6.45, 7) is 4.87. The van der Waals surface area contributed by atoms with Crippen LogP contribution >= 0.6 is 0 Å². The molecule has 0 saturated heterocycles. The molecule has 3 heteroatoms. The summed E-state index contributed by atoms with van der Waals surface area (Å²) < 4.78 is 5.82. The first-order valence-electron chi connectivity index (χ1n) is 6.43. The Kier molecular flexibility index (Phi) is 2.74. The SMILES string of the molecule is CC[11CH2]N1CCOc2c1ccc1ccc(O)cc21. The molecular formula is C15H17NO2. The lowest BCUT2D eigenvalue weighted by molar-refractivity contribution is 0.311. The van der Waals surface area contributed by atoms with E-state index >= 15 is 0 Å². The van der Waals surface area contributed by atoms with Crippen molar-refractivity contribution in [1.82, 2.24) is 0 Å². The fourth-order valence-electron chi connectivity index (χ4n) is 2.55. The lowest BCUT2D eigenvalue weighted by Crippen LogP contribution is -2.33. The van der Waals surface area contributed by atoms with Crippen LogP contribution in [-0.2, 0) is 0 Å². The van der Waals surface area contributed by atoms with E-state index in [9.17, 15) is 5.11 Å². The summed E-state index contributed by atoms with van der Waals surface area (Å²) >= 11 is 0. The van der Waals surface area contributed by atoms with Crippen LogP contribution in [0.2, 0.25) is 0 Å². The molecule has 0 amide bonds. The second kappa shape index (κ2) is 4.41. The van der Waals surface area contributed by atoms with Gasteiger partial charge in [-0.1, -0.05) is 19.1 Å². The molecule has 1 N–H and O–H groups in total. The topological polar surface area (TPSA) is 32.7 Å². The fraction of sp³-hybridized carbons (Fsp3) is 0.333. The Morgan fingerprint density at radius 1 is 1.28 bits per heavy atom. The average molecular weight is 242 g/mol. The van der Waals surface area contributed by atoms with Gasteiger partial charge in [-0.25, -0.2) is 0 Å². The number of fused-ring (bicyclic) bond motifs is 3. The van der Waals surface area contributed by atoms with Crippen molar-refractivity contribution in [2.24, 2.45) is 0 Å². The Balaban J connectivity index is 2.18. The summed E-state index contributed by atoms with van der Waals surface area (Å²) in [5, 5.41) is 11.7. The summed E-state index contributed by atoms with van der Waals surface area (Å²) in [4.78, 5) is 2.35. The Morgan fingerprint density at radius 3 is 2.94 bits per heavy atom. The van der Waals surface area contributed by atoms with E-state index in [4.69, 9.17) is 4.74 Å². The van der Waals surface area contributed by atoms with E-state index in [1.807, 2.05) is 6.07 Å². The van der Waals surface area contributed by atoms with E-state index in [1.54, 1.807) is 12.1 Å². The van der Waals surface area contributed by atoms with Gasteiger partial charge in [0.05, 0.1) is 12.2 Å². The molecule has 0 radical (unpaired) electrons. The van der Waals surface area contributed by atoms with Crippen molar-refractivity contribution < 1.29 is 9.84 Å². The summed E-state index contributed by atoms with van der Waals surface area (Å²) in [6.07, 6.45) is 1.12. The molecule has 0 fully saturated rings. The summed E-state index contributed by atoms with van der Waals surface area (Å²) in [7, 11) is 0. The number of aromatic hydroxyl groups is 1. The molecule has 2 aromatic carbocycles. The number of nitrogens with zero attached hydrogens (tertiary/aromatic N) is 1. The van der Waals surface area contributed by atoms with E-state index in [0.29, 0.717) is 6.61 Å². The molecular weight excluding hydrogens is 225 g/mol. The van der Waals surface area contributed by atoms with Crippen LogP contribution in [0.3, 0.4) is 0 Å². The van der Waals surface area contributed by atoms with Crippen molar-refractivity contribution in [2.75, 3.05) is 24.6 Å². The van der Waals surface area contributed by atoms with Gasteiger partial charge in [-0.15, -0.1) is 0 Å². The zero-order valence-electron chi connectivity index (χ0n) is 10.5. The Hall–Kier alpha value is -1.90. The van der Waals surface area contributed by atoms with Crippen LogP contribution in [0.5, 0.6) is 11.5 Å². The summed E-state index contributed by atoms with van der Waals surface area (Å²) in [6, 6.07) is 9.62. The van der Waals surface area contributed by atoms with Gasteiger partial charge >= 0.3 is 0 Å². The molecule has 1 aliphatic rings. The number of hydrogen-bond acceptors (Lipinski definition) is 3. The number of anilines is 1. The maximum absolute atomic E-state index is 9.63. The third kappa shape index (κ3) is 1.76. The standard InChI is InChI=1S/C15H17NO2/c1-2-7-16-8-9-18-15-13-10-12(17)5-3-11(13)4-6-14(15)16/h3-6,10,17H,2,7-9H2,1H3/i7-1. The number of phenols is 1. The van der Waals surface area contributed by atoms with E-state index < -0.39 is 0 Å². The van der Waals surface area contributed by atoms with Crippen LogP contribution in [0.15, 0.2) is 30.3 Å². The molecule has 1 aliphatic heterocycles. The van der Waals surface area contributed by atoms with Crippen LogP contribution < -0.4 is 9.64 Å². The number of benzene rings is 2. The predicted molar refractivity (Wildman–Crippen MR) is 73.6 cm³/mol. The molecule has 3 rings (SSSR count). The summed E-state index contributed by atoms with van der Waals surface area (Å²) in [5.74, 6) is 1.19. The zero-order valence-corrected chi connectivity index (χ0v) is 10.5. The molecule has 0 aliphatic carbocycles. The molecule has 94 valence electrons. The van der Waals surface area contributed by atoms with Gasteiger partial charge in [0.2, 0.25) is 0 Å². The number of rotatable bonds is 2. The third-order valence-corrected chi connectivity index (χ3v) is 3.38. The summed E-state index contributed by atoms with van der Waals surface area (Å²) in [5.41, 5.74) is 1.14. The second-order valence-electron chi connectivity index (χ2n) is 4.65. The number of ether oxygens (including phenoxy) is 1. The van der Waals surface area contributed by atoms with Crippen LogP contribution in [-0.4, -0.2) is 24.8 Å². The molecule has 0 spiro atoms. The highest BCUT2D eigenvalue weighted by molar-refractivity contribution is 5.94. The van der Waals surface area contributed by atoms with Gasteiger partial charge in [0.15, 0.2) is 5.75 Å². The van der Waals surface area contributed by atoms with Crippen LogP contribution in [0.4, 0.5) is 5.69 Å². The van der Waals surface area contributed by atoms with Gasteiger partial charge in [-0.2, -0.15) is 0 Å². The quantitative estimate of drug-likeness (QED) is 0.878. The van der Waals surface area contributed by atoms with Crippen molar-refractivity contribution in [2.45, 2.75) is 13.3 Å². The molecule has 0 bridgehead atoms. The van der Waals surface area contributed by atoms with Crippen molar-refractivity contribution in [3.05, 3.63) is 30.3 Å².